The van der Waals surface area contributed by atoms with E-state index in [1.807, 2.05) is 0 Å². The van der Waals surface area contributed by atoms with Crippen molar-refractivity contribution in [2.45, 2.75) is 20.3 Å². The molecule has 14 aromatic rings. The SMILES string of the molecule is CC(=O)CC(C)=O.c1ccc(-c2cc3ccc4cccc5c(-c6ccccc6)cc(c2-c2ccccc2)c3c45)cc1.c1ccc(-c2cc3ccc4cccc5c(-c6ccccc6)cc(c2-c2ccccc2)c3c45)cc1. The number of carbonyl (C=O) groups excluding carboxylic acids is 2. The summed E-state index contributed by atoms with van der Waals surface area (Å²) in [7, 11) is 0. The molecule has 2 heteroatoms. The van der Waals surface area contributed by atoms with Gasteiger partial charge in [0.15, 0.2) is 0 Å². The van der Waals surface area contributed by atoms with Crippen LogP contribution in [0.15, 0.2) is 267 Å². The molecule has 0 radical (unpaired) electrons. The van der Waals surface area contributed by atoms with Gasteiger partial charge >= 0.3 is 0 Å². The Kier molecular flexibility index (Phi) is 12.5. The third-order valence-corrected chi connectivity index (χ3v) is 14.5. The van der Waals surface area contributed by atoms with Crippen LogP contribution in [0.25, 0.3) is 131 Å². The van der Waals surface area contributed by atoms with E-state index in [0.717, 1.165) is 0 Å². The second-order valence-corrected chi connectivity index (χ2v) is 19.5. The van der Waals surface area contributed by atoms with Crippen molar-refractivity contribution in [1.29, 1.82) is 0 Å². The normalized spacial score (nSPS) is 11.2. The van der Waals surface area contributed by atoms with Gasteiger partial charge in [0.05, 0.1) is 6.42 Å². The minimum Gasteiger partial charge on any atom is -0.300 e. The molecule has 75 heavy (non-hydrogen) atoms. The standard InChI is InChI=1S/2C34H22.C5H8O2/c2*1-4-11-23(12-5-1)29-22-31-32(25-15-8-3-9-16-25)30(24-13-6-2-7-14-24)21-27-20-19-26-17-10-18-28(29)33(26)34(27)31;1-4(6)3-5(2)7/h2*1-22H;3H2,1-2H3. The van der Waals surface area contributed by atoms with E-state index in [1.54, 1.807) is 0 Å². The molecule has 0 aliphatic carbocycles. The fraction of sp³-hybridized carbons (Fsp3) is 0.0411. The molecule has 0 amide bonds. The largest absolute Gasteiger partial charge is 0.300 e. The van der Waals surface area contributed by atoms with Crippen LogP contribution in [-0.4, -0.2) is 11.6 Å². The molecule has 2 nitrogen and oxygen atoms in total. The lowest BCUT2D eigenvalue weighted by atomic mass is 9.82. The lowest BCUT2D eigenvalue weighted by molar-refractivity contribution is -0.124. The van der Waals surface area contributed by atoms with Crippen LogP contribution < -0.4 is 0 Å². The van der Waals surface area contributed by atoms with Gasteiger partial charge in [-0.05, 0) is 170 Å². The predicted molar refractivity (Wildman–Crippen MR) is 319 cm³/mol. The molecule has 0 aliphatic heterocycles. The average molecular weight is 961 g/mol. The summed E-state index contributed by atoms with van der Waals surface area (Å²) in [5.41, 5.74) is 15.2. The quantitative estimate of drug-likeness (QED) is 0.112. The maximum atomic E-state index is 10.0. The molecule has 0 atom stereocenters. The molecule has 14 rings (SSSR count). The molecule has 0 spiro atoms. The van der Waals surface area contributed by atoms with Gasteiger partial charge in [0.25, 0.3) is 0 Å². The van der Waals surface area contributed by atoms with E-state index in [9.17, 15) is 9.59 Å². The lowest BCUT2D eigenvalue weighted by Crippen LogP contribution is -1.97. The summed E-state index contributed by atoms with van der Waals surface area (Å²) in [6.07, 6.45) is 0.0833. The van der Waals surface area contributed by atoms with E-state index in [0.29, 0.717) is 0 Å². The summed E-state index contributed by atoms with van der Waals surface area (Å²) < 4.78 is 0. The van der Waals surface area contributed by atoms with Crippen LogP contribution in [0.2, 0.25) is 0 Å². The zero-order valence-corrected chi connectivity index (χ0v) is 41.9. The third kappa shape index (κ3) is 8.87. The van der Waals surface area contributed by atoms with Gasteiger partial charge in [-0.3, -0.25) is 9.59 Å². The molecule has 356 valence electrons. The van der Waals surface area contributed by atoms with Gasteiger partial charge in [0.1, 0.15) is 11.6 Å². The summed E-state index contributed by atoms with van der Waals surface area (Å²) in [6, 6.07) is 97.0. The molecule has 0 saturated carbocycles. The average Bonchev–Trinajstić information content (AvgIpc) is 3.54. The van der Waals surface area contributed by atoms with Gasteiger partial charge in [-0.15, -0.1) is 0 Å². The topological polar surface area (TPSA) is 34.1 Å². The number of hydrogen-bond donors (Lipinski definition) is 0. The van der Waals surface area contributed by atoms with Crippen LogP contribution in [0.1, 0.15) is 20.3 Å². The monoisotopic (exact) mass is 960 g/mol. The van der Waals surface area contributed by atoms with Crippen LogP contribution >= 0.6 is 0 Å². The van der Waals surface area contributed by atoms with Crippen molar-refractivity contribution in [3.8, 4) is 66.8 Å². The van der Waals surface area contributed by atoms with Gasteiger partial charge in [-0.1, -0.05) is 243 Å². The number of carbonyl (C=O) groups is 2. The lowest BCUT2D eigenvalue weighted by Gasteiger charge is -2.20. The number of benzene rings is 14. The first-order valence-electron chi connectivity index (χ1n) is 25.7. The highest BCUT2D eigenvalue weighted by molar-refractivity contribution is 6.31. The van der Waals surface area contributed by atoms with Gasteiger partial charge in [-0.2, -0.15) is 0 Å². The number of hydrogen-bond acceptors (Lipinski definition) is 2. The Labute approximate surface area is 437 Å². The number of rotatable bonds is 8. The first kappa shape index (κ1) is 46.6. The maximum absolute atomic E-state index is 10.0. The van der Waals surface area contributed by atoms with E-state index >= 15 is 0 Å². The molecule has 0 N–H and O–H groups in total. The van der Waals surface area contributed by atoms with E-state index < -0.39 is 0 Å². The molecule has 0 fully saturated rings. The fourth-order valence-electron chi connectivity index (χ4n) is 11.4. The minimum atomic E-state index is -0.0625. The van der Waals surface area contributed by atoms with Crippen molar-refractivity contribution in [3.05, 3.63) is 267 Å². The molecule has 0 bridgehead atoms. The first-order valence-corrected chi connectivity index (χ1v) is 25.7. The van der Waals surface area contributed by atoms with E-state index in [1.165, 1.54) is 145 Å². The van der Waals surface area contributed by atoms with Crippen LogP contribution in [0, 0.1) is 0 Å². The van der Waals surface area contributed by atoms with Crippen LogP contribution in [0.5, 0.6) is 0 Å². The van der Waals surface area contributed by atoms with Gasteiger partial charge in [0.2, 0.25) is 0 Å². The van der Waals surface area contributed by atoms with Crippen molar-refractivity contribution >= 4 is 76.2 Å². The molecule has 0 aliphatic rings. The zero-order chi connectivity index (χ0) is 50.8. The number of ketones is 2. The summed E-state index contributed by atoms with van der Waals surface area (Å²) in [4.78, 5) is 20.1. The Morgan fingerprint density at radius 3 is 0.840 bits per heavy atom. The van der Waals surface area contributed by atoms with Gasteiger partial charge in [0, 0.05) is 0 Å². The van der Waals surface area contributed by atoms with Crippen LogP contribution in [-0.2, 0) is 9.59 Å². The molecule has 0 saturated heterocycles. The Morgan fingerprint density at radius 2 is 0.533 bits per heavy atom. The molecule has 14 aromatic carbocycles. The molecular formula is C73H52O2. The van der Waals surface area contributed by atoms with E-state index in [2.05, 4.69) is 267 Å². The molecule has 0 heterocycles. The van der Waals surface area contributed by atoms with Crippen molar-refractivity contribution in [2.24, 2.45) is 0 Å². The Bertz CT molecular complexity index is 4040. The summed E-state index contributed by atoms with van der Waals surface area (Å²) in [5, 5.41) is 15.8. The first-order chi connectivity index (χ1) is 36.9. The van der Waals surface area contributed by atoms with Gasteiger partial charge < -0.3 is 0 Å². The molecule has 0 aromatic heterocycles. The summed E-state index contributed by atoms with van der Waals surface area (Å²) >= 11 is 0. The maximum Gasteiger partial charge on any atom is 0.137 e. The highest BCUT2D eigenvalue weighted by Gasteiger charge is 2.22. The highest BCUT2D eigenvalue weighted by Crippen LogP contribution is 2.49. The molecule has 0 unspecified atom stereocenters. The number of Topliss-reactive ketones (excluding diaryl/α,β-unsaturated/α-hetero) is 2. The summed E-state index contributed by atoms with van der Waals surface area (Å²) in [5.74, 6) is -0.125. The third-order valence-electron chi connectivity index (χ3n) is 14.5. The van der Waals surface area contributed by atoms with Crippen molar-refractivity contribution in [3.63, 3.8) is 0 Å². The van der Waals surface area contributed by atoms with Gasteiger partial charge in [-0.25, -0.2) is 0 Å². The second kappa shape index (κ2) is 20.2. The zero-order valence-electron chi connectivity index (χ0n) is 41.9. The Morgan fingerprint density at radius 1 is 0.253 bits per heavy atom. The predicted octanol–water partition coefficient (Wildman–Crippen LogP) is 19.7. The van der Waals surface area contributed by atoms with E-state index in [-0.39, 0.29) is 18.0 Å². The Balaban J connectivity index is 0.000000135. The minimum absolute atomic E-state index is 0.0625. The van der Waals surface area contributed by atoms with Crippen molar-refractivity contribution < 1.29 is 9.59 Å². The summed E-state index contributed by atoms with van der Waals surface area (Å²) in [6.45, 7) is 2.81. The van der Waals surface area contributed by atoms with Crippen molar-refractivity contribution in [2.75, 3.05) is 0 Å². The molecular weight excluding hydrogens is 909 g/mol. The van der Waals surface area contributed by atoms with Crippen LogP contribution in [0.4, 0.5) is 0 Å². The van der Waals surface area contributed by atoms with Crippen molar-refractivity contribution in [1.82, 2.24) is 0 Å². The fourth-order valence-corrected chi connectivity index (χ4v) is 11.4. The van der Waals surface area contributed by atoms with E-state index in [4.69, 9.17) is 0 Å². The highest BCUT2D eigenvalue weighted by atomic mass is 16.1. The smallest absolute Gasteiger partial charge is 0.137 e. The second-order valence-electron chi connectivity index (χ2n) is 19.5. The Hall–Kier alpha value is -9.50. The van der Waals surface area contributed by atoms with Crippen LogP contribution in [0.3, 0.4) is 0 Å².